The van der Waals surface area contributed by atoms with Crippen molar-refractivity contribution in [3.63, 3.8) is 0 Å². The average molecular weight is 252 g/mol. The van der Waals surface area contributed by atoms with Crippen LogP contribution in [0.25, 0.3) is 0 Å². The number of hydrogen-bond donors (Lipinski definition) is 1. The van der Waals surface area contributed by atoms with Gasteiger partial charge in [0.15, 0.2) is 0 Å². The van der Waals surface area contributed by atoms with Crippen molar-refractivity contribution in [2.45, 2.75) is 6.54 Å². The van der Waals surface area contributed by atoms with Gasteiger partial charge in [-0.25, -0.2) is 0 Å². The van der Waals surface area contributed by atoms with E-state index in [2.05, 4.69) is 5.32 Å². The highest BCUT2D eigenvalue weighted by Crippen LogP contribution is 2.21. The molecule has 0 aliphatic heterocycles. The molecule has 1 amide bonds. The van der Waals surface area contributed by atoms with Crippen LogP contribution >= 0.6 is 22.9 Å². The van der Waals surface area contributed by atoms with E-state index in [1.807, 2.05) is 30.3 Å². The summed E-state index contributed by atoms with van der Waals surface area (Å²) < 4.78 is 0. The van der Waals surface area contributed by atoms with Gasteiger partial charge < -0.3 is 5.32 Å². The van der Waals surface area contributed by atoms with Gasteiger partial charge in [0.2, 0.25) is 0 Å². The lowest BCUT2D eigenvalue weighted by Gasteiger charge is -2.03. The van der Waals surface area contributed by atoms with Crippen LogP contribution in [-0.4, -0.2) is 5.91 Å². The lowest BCUT2D eigenvalue weighted by atomic mass is 10.2. The zero-order chi connectivity index (χ0) is 11.4. The fraction of sp³-hybridized carbons (Fsp3) is 0.0833. The summed E-state index contributed by atoms with van der Waals surface area (Å²) in [6.45, 7) is 0.522. The first kappa shape index (κ1) is 11.2. The van der Waals surface area contributed by atoms with E-state index >= 15 is 0 Å². The average Bonchev–Trinajstić information content (AvgIpc) is 2.74. The largest absolute Gasteiger partial charge is 0.347 e. The number of thiophene rings is 1. The van der Waals surface area contributed by atoms with Crippen LogP contribution in [0.2, 0.25) is 5.02 Å². The summed E-state index contributed by atoms with van der Waals surface area (Å²) in [6, 6.07) is 11.5. The summed E-state index contributed by atoms with van der Waals surface area (Å²) in [5.74, 6) is -0.121. The summed E-state index contributed by atoms with van der Waals surface area (Å²) in [5.41, 5.74) is 1.07. The molecule has 0 aliphatic carbocycles. The number of rotatable bonds is 3. The molecule has 0 spiro atoms. The summed E-state index contributed by atoms with van der Waals surface area (Å²) in [5, 5.41) is 5.14. The van der Waals surface area contributed by atoms with Crippen LogP contribution in [0.3, 0.4) is 0 Å². The molecular formula is C12H10ClNOS. The van der Waals surface area contributed by atoms with E-state index in [0.717, 1.165) is 5.56 Å². The van der Waals surface area contributed by atoms with Gasteiger partial charge in [-0.15, -0.1) is 11.3 Å². The second-order valence-corrected chi connectivity index (χ2v) is 4.59. The molecule has 1 aromatic heterocycles. The van der Waals surface area contributed by atoms with E-state index in [0.29, 0.717) is 16.4 Å². The smallest absolute Gasteiger partial charge is 0.263 e. The summed E-state index contributed by atoms with van der Waals surface area (Å²) in [6.07, 6.45) is 0. The fourth-order valence-electron chi connectivity index (χ4n) is 1.31. The number of halogens is 1. The van der Waals surface area contributed by atoms with Crippen LogP contribution in [-0.2, 0) is 6.54 Å². The van der Waals surface area contributed by atoms with Crippen molar-refractivity contribution in [3.8, 4) is 0 Å². The van der Waals surface area contributed by atoms with Crippen LogP contribution in [0.15, 0.2) is 41.8 Å². The summed E-state index contributed by atoms with van der Waals surface area (Å²) in [7, 11) is 0. The Hall–Kier alpha value is -1.32. The zero-order valence-corrected chi connectivity index (χ0v) is 10.0. The van der Waals surface area contributed by atoms with Gasteiger partial charge in [-0.1, -0.05) is 41.9 Å². The van der Waals surface area contributed by atoms with Crippen molar-refractivity contribution in [1.29, 1.82) is 0 Å². The monoisotopic (exact) mass is 251 g/mol. The van der Waals surface area contributed by atoms with Crippen LogP contribution < -0.4 is 5.32 Å². The van der Waals surface area contributed by atoms with Gasteiger partial charge >= 0.3 is 0 Å². The molecule has 0 saturated heterocycles. The molecule has 0 aliphatic rings. The molecule has 0 fully saturated rings. The lowest BCUT2D eigenvalue weighted by Crippen LogP contribution is -2.21. The van der Waals surface area contributed by atoms with E-state index in [1.54, 1.807) is 11.4 Å². The van der Waals surface area contributed by atoms with E-state index in [-0.39, 0.29) is 5.91 Å². The molecule has 82 valence electrons. The Bertz CT molecular complexity index is 481. The molecule has 1 heterocycles. The Balaban J connectivity index is 1.97. The van der Waals surface area contributed by atoms with Gasteiger partial charge in [0.25, 0.3) is 5.91 Å². The predicted octanol–water partition coefficient (Wildman–Crippen LogP) is 3.33. The van der Waals surface area contributed by atoms with Crippen LogP contribution in [0.5, 0.6) is 0 Å². The zero-order valence-electron chi connectivity index (χ0n) is 8.44. The number of amides is 1. The molecule has 0 bridgehead atoms. The standard InChI is InChI=1S/C12H10ClNOS/c13-10-6-7-16-11(10)12(15)14-8-9-4-2-1-3-5-9/h1-7H,8H2,(H,14,15). The molecule has 1 aromatic carbocycles. The first-order chi connectivity index (χ1) is 7.77. The van der Waals surface area contributed by atoms with Crippen LogP contribution in [0, 0.1) is 0 Å². The third kappa shape index (κ3) is 2.62. The minimum Gasteiger partial charge on any atom is -0.347 e. The molecule has 2 nitrogen and oxygen atoms in total. The minimum atomic E-state index is -0.121. The Labute approximate surface area is 103 Å². The van der Waals surface area contributed by atoms with Crippen molar-refractivity contribution in [2.24, 2.45) is 0 Å². The maximum absolute atomic E-state index is 11.7. The molecule has 2 rings (SSSR count). The van der Waals surface area contributed by atoms with Gasteiger partial charge in [0.1, 0.15) is 4.88 Å². The first-order valence-electron chi connectivity index (χ1n) is 4.82. The summed E-state index contributed by atoms with van der Waals surface area (Å²) in [4.78, 5) is 12.3. The number of hydrogen-bond acceptors (Lipinski definition) is 2. The SMILES string of the molecule is O=C(NCc1ccccc1)c1sccc1Cl. The van der Waals surface area contributed by atoms with Crippen molar-refractivity contribution in [2.75, 3.05) is 0 Å². The lowest BCUT2D eigenvalue weighted by molar-refractivity contribution is 0.0955. The van der Waals surface area contributed by atoms with Gasteiger partial charge in [-0.3, -0.25) is 4.79 Å². The number of carbonyl (C=O) groups excluding carboxylic acids is 1. The van der Waals surface area contributed by atoms with Gasteiger partial charge in [0, 0.05) is 6.54 Å². The van der Waals surface area contributed by atoms with Crippen LogP contribution in [0.4, 0.5) is 0 Å². The van der Waals surface area contributed by atoms with Gasteiger partial charge in [-0.05, 0) is 17.0 Å². The van der Waals surface area contributed by atoms with E-state index in [9.17, 15) is 4.79 Å². The fourth-order valence-corrected chi connectivity index (χ4v) is 2.37. The maximum atomic E-state index is 11.7. The quantitative estimate of drug-likeness (QED) is 0.891. The first-order valence-corrected chi connectivity index (χ1v) is 6.08. The molecule has 0 atom stereocenters. The highest BCUT2D eigenvalue weighted by molar-refractivity contribution is 7.12. The Morgan fingerprint density at radius 2 is 2.00 bits per heavy atom. The van der Waals surface area contributed by atoms with Crippen LogP contribution in [0.1, 0.15) is 15.2 Å². The minimum absolute atomic E-state index is 0.121. The highest BCUT2D eigenvalue weighted by atomic mass is 35.5. The van der Waals surface area contributed by atoms with Gasteiger partial charge in [0.05, 0.1) is 5.02 Å². The third-order valence-electron chi connectivity index (χ3n) is 2.12. The second kappa shape index (κ2) is 5.14. The summed E-state index contributed by atoms with van der Waals surface area (Å²) >= 11 is 7.21. The maximum Gasteiger partial charge on any atom is 0.263 e. The van der Waals surface area contributed by atoms with Crippen molar-refractivity contribution >= 4 is 28.8 Å². The van der Waals surface area contributed by atoms with E-state index < -0.39 is 0 Å². The van der Waals surface area contributed by atoms with Crippen molar-refractivity contribution in [1.82, 2.24) is 5.32 Å². The predicted molar refractivity (Wildman–Crippen MR) is 66.9 cm³/mol. The molecular weight excluding hydrogens is 242 g/mol. The third-order valence-corrected chi connectivity index (χ3v) is 3.46. The highest BCUT2D eigenvalue weighted by Gasteiger charge is 2.10. The molecule has 0 unspecified atom stereocenters. The molecule has 1 N–H and O–H groups in total. The van der Waals surface area contributed by atoms with Gasteiger partial charge in [-0.2, -0.15) is 0 Å². The molecule has 0 saturated carbocycles. The molecule has 4 heteroatoms. The van der Waals surface area contributed by atoms with E-state index in [4.69, 9.17) is 11.6 Å². The Morgan fingerprint density at radius 3 is 2.62 bits per heavy atom. The Morgan fingerprint density at radius 1 is 1.25 bits per heavy atom. The van der Waals surface area contributed by atoms with E-state index in [1.165, 1.54) is 11.3 Å². The van der Waals surface area contributed by atoms with Crippen molar-refractivity contribution < 1.29 is 4.79 Å². The van der Waals surface area contributed by atoms with Crippen molar-refractivity contribution in [3.05, 3.63) is 57.2 Å². The normalized spacial score (nSPS) is 10.1. The molecule has 0 radical (unpaired) electrons. The number of nitrogens with one attached hydrogen (secondary N) is 1. The second-order valence-electron chi connectivity index (χ2n) is 3.27. The topological polar surface area (TPSA) is 29.1 Å². The molecule has 2 aromatic rings. The number of benzene rings is 1. The number of carbonyl (C=O) groups is 1. The molecule has 16 heavy (non-hydrogen) atoms. The Kier molecular flexibility index (Phi) is 3.59.